The molecule has 0 saturated heterocycles. The van der Waals surface area contributed by atoms with Crippen LogP contribution < -0.4 is 15.4 Å². The SMILES string of the molecule is COc1ccc(C)cc1Nc1cncc(C(=O)Nc2ccccc2)c1. The highest BCUT2D eigenvalue weighted by Crippen LogP contribution is 2.28. The van der Waals surface area contributed by atoms with Gasteiger partial charge in [0.25, 0.3) is 5.91 Å². The fourth-order valence-electron chi connectivity index (χ4n) is 2.43. The van der Waals surface area contributed by atoms with Gasteiger partial charge in [0.2, 0.25) is 0 Å². The number of pyridine rings is 1. The second-order valence-corrected chi connectivity index (χ2v) is 5.61. The number of carbonyl (C=O) groups excluding carboxylic acids is 1. The average molecular weight is 333 g/mol. The predicted molar refractivity (Wildman–Crippen MR) is 99.6 cm³/mol. The van der Waals surface area contributed by atoms with Crippen LogP contribution in [-0.4, -0.2) is 18.0 Å². The van der Waals surface area contributed by atoms with Gasteiger partial charge in [0, 0.05) is 11.9 Å². The van der Waals surface area contributed by atoms with Gasteiger partial charge in [0.1, 0.15) is 5.75 Å². The van der Waals surface area contributed by atoms with E-state index in [1.807, 2.05) is 55.5 Å². The van der Waals surface area contributed by atoms with Crippen LogP contribution >= 0.6 is 0 Å². The molecular weight excluding hydrogens is 314 g/mol. The van der Waals surface area contributed by atoms with Gasteiger partial charge in [-0.1, -0.05) is 24.3 Å². The van der Waals surface area contributed by atoms with E-state index in [1.54, 1.807) is 19.4 Å². The molecule has 3 aromatic rings. The topological polar surface area (TPSA) is 63.2 Å². The van der Waals surface area contributed by atoms with Gasteiger partial charge in [0.15, 0.2) is 0 Å². The highest BCUT2D eigenvalue weighted by Gasteiger charge is 2.09. The first-order chi connectivity index (χ1) is 12.2. The predicted octanol–water partition coefficient (Wildman–Crippen LogP) is 4.39. The number of hydrogen-bond donors (Lipinski definition) is 2. The normalized spacial score (nSPS) is 10.2. The molecule has 0 radical (unpaired) electrons. The third-order valence-corrected chi connectivity index (χ3v) is 3.67. The van der Waals surface area contributed by atoms with Gasteiger partial charge in [0.05, 0.1) is 30.2 Å². The molecule has 0 spiro atoms. The maximum Gasteiger partial charge on any atom is 0.257 e. The average Bonchev–Trinajstić information content (AvgIpc) is 2.63. The number of rotatable bonds is 5. The Hall–Kier alpha value is -3.34. The molecule has 0 atom stereocenters. The molecule has 0 bridgehead atoms. The van der Waals surface area contributed by atoms with E-state index >= 15 is 0 Å². The maximum absolute atomic E-state index is 12.4. The Labute approximate surface area is 146 Å². The van der Waals surface area contributed by atoms with Crippen LogP contribution in [0.5, 0.6) is 5.75 Å². The number of nitrogens with zero attached hydrogens (tertiary/aromatic N) is 1. The first-order valence-corrected chi connectivity index (χ1v) is 7.89. The zero-order chi connectivity index (χ0) is 17.6. The fourth-order valence-corrected chi connectivity index (χ4v) is 2.43. The minimum Gasteiger partial charge on any atom is -0.495 e. The number of aryl methyl sites for hydroxylation is 1. The highest BCUT2D eigenvalue weighted by atomic mass is 16.5. The molecule has 0 saturated carbocycles. The van der Waals surface area contributed by atoms with Crippen molar-refractivity contribution in [3.8, 4) is 5.75 Å². The Balaban J connectivity index is 1.80. The van der Waals surface area contributed by atoms with E-state index in [9.17, 15) is 4.79 Å². The van der Waals surface area contributed by atoms with Crippen molar-refractivity contribution < 1.29 is 9.53 Å². The minimum atomic E-state index is -0.210. The number of nitrogens with one attached hydrogen (secondary N) is 2. The summed E-state index contributed by atoms with van der Waals surface area (Å²) in [6.45, 7) is 2.01. The lowest BCUT2D eigenvalue weighted by molar-refractivity contribution is 0.102. The molecule has 126 valence electrons. The summed E-state index contributed by atoms with van der Waals surface area (Å²) >= 11 is 0. The van der Waals surface area contributed by atoms with Crippen LogP contribution in [0.4, 0.5) is 17.1 Å². The quantitative estimate of drug-likeness (QED) is 0.727. The molecule has 1 amide bonds. The van der Waals surface area contributed by atoms with Crippen molar-refractivity contribution in [2.45, 2.75) is 6.92 Å². The van der Waals surface area contributed by atoms with Crippen molar-refractivity contribution in [1.82, 2.24) is 4.98 Å². The van der Waals surface area contributed by atoms with E-state index in [2.05, 4.69) is 15.6 Å². The molecule has 2 N–H and O–H groups in total. The number of para-hydroxylation sites is 1. The summed E-state index contributed by atoms with van der Waals surface area (Å²) in [5.74, 6) is 0.517. The summed E-state index contributed by atoms with van der Waals surface area (Å²) in [6, 6.07) is 16.9. The monoisotopic (exact) mass is 333 g/mol. The summed E-state index contributed by atoms with van der Waals surface area (Å²) < 4.78 is 5.37. The Morgan fingerprint density at radius 3 is 2.56 bits per heavy atom. The van der Waals surface area contributed by atoms with Gasteiger partial charge < -0.3 is 15.4 Å². The zero-order valence-electron chi connectivity index (χ0n) is 14.1. The van der Waals surface area contributed by atoms with Crippen LogP contribution in [0, 0.1) is 6.92 Å². The molecule has 2 aromatic carbocycles. The molecule has 0 unspecified atom stereocenters. The Kier molecular flexibility index (Phi) is 4.95. The van der Waals surface area contributed by atoms with Crippen LogP contribution in [-0.2, 0) is 0 Å². The highest BCUT2D eigenvalue weighted by molar-refractivity contribution is 6.04. The van der Waals surface area contributed by atoms with E-state index in [1.165, 1.54) is 6.20 Å². The summed E-state index contributed by atoms with van der Waals surface area (Å²) in [7, 11) is 1.62. The molecule has 5 nitrogen and oxygen atoms in total. The molecule has 0 fully saturated rings. The van der Waals surface area contributed by atoms with Crippen LogP contribution in [0.2, 0.25) is 0 Å². The Morgan fingerprint density at radius 2 is 1.80 bits per heavy atom. The number of methoxy groups -OCH3 is 1. The van der Waals surface area contributed by atoms with Crippen LogP contribution in [0.1, 0.15) is 15.9 Å². The molecule has 0 aliphatic rings. The van der Waals surface area contributed by atoms with Crippen molar-refractivity contribution in [2.24, 2.45) is 0 Å². The fraction of sp³-hybridized carbons (Fsp3) is 0.100. The van der Waals surface area contributed by atoms with Gasteiger partial charge in [-0.15, -0.1) is 0 Å². The van der Waals surface area contributed by atoms with E-state index in [-0.39, 0.29) is 5.91 Å². The number of anilines is 3. The minimum absolute atomic E-state index is 0.210. The Morgan fingerprint density at radius 1 is 1.00 bits per heavy atom. The third-order valence-electron chi connectivity index (χ3n) is 3.67. The lowest BCUT2D eigenvalue weighted by atomic mass is 10.2. The molecule has 3 rings (SSSR count). The van der Waals surface area contributed by atoms with Gasteiger partial charge in [-0.25, -0.2) is 0 Å². The van der Waals surface area contributed by atoms with Gasteiger partial charge >= 0.3 is 0 Å². The molecule has 0 aliphatic carbocycles. The van der Waals surface area contributed by atoms with E-state index in [4.69, 9.17) is 4.74 Å². The van der Waals surface area contributed by atoms with Crippen LogP contribution in [0.3, 0.4) is 0 Å². The van der Waals surface area contributed by atoms with Crippen LogP contribution in [0.25, 0.3) is 0 Å². The summed E-state index contributed by atoms with van der Waals surface area (Å²) in [5, 5.41) is 6.11. The number of hydrogen-bond acceptors (Lipinski definition) is 4. The molecule has 5 heteroatoms. The van der Waals surface area contributed by atoms with Crippen molar-refractivity contribution >= 4 is 23.0 Å². The molecule has 1 aromatic heterocycles. The van der Waals surface area contributed by atoms with Gasteiger partial charge in [-0.2, -0.15) is 0 Å². The van der Waals surface area contributed by atoms with Crippen LogP contribution in [0.15, 0.2) is 67.0 Å². The lowest BCUT2D eigenvalue weighted by Crippen LogP contribution is -2.12. The van der Waals surface area contributed by atoms with Gasteiger partial charge in [-0.3, -0.25) is 9.78 Å². The standard InChI is InChI=1S/C20H19N3O2/c1-14-8-9-19(25-2)18(10-14)22-17-11-15(12-21-13-17)20(24)23-16-6-4-3-5-7-16/h3-13,22H,1-2H3,(H,23,24). The number of aromatic nitrogens is 1. The number of amides is 1. The van der Waals surface area contributed by atoms with Gasteiger partial charge in [-0.05, 0) is 42.8 Å². The summed E-state index contributed by atoms with van der Waals surface area (Å²) in [5.41, 5.74) is 3.86. The molecular formula is C20H19N3O2. The number of benzene rings is 2. The second kappa shape index (κ2) is 7.49. The van der Waals surface area contributed by atoms with Crippen molar-refractivity contribution in [3.63, 3.8) is 0 Å². The van der Waals surface area contributed by atoms with Crippen molar-refractivity contribution in [1.29, 1.82) is 0 Å². The lowest BCUT2D eigenvalue weighted by Gasteiger charge is -2.12. The smallest absolute Gasteiger partial charge is 0.257 e. The van der Waals surface area contributed by atoms with Crippen molar-refractivity contribution in [3.05, 3.63) is 78.1 Å². The summed E-state index contributed by atoms with van der Waals surface area (Å²) in [4.78, 5) is 16.5. The molecule has 25 heavy (non-hydrogen) atoms. The van der Waals surface area contributed by atoms with E-state index < -0.39 is 0 Å². The zero-order valence-corrected chi connectivity index (χ0v) is 14.1. The second-order valence-electron chi connectivity index (χ2n) is 5.61. The number of carbonyl (C=O) groups is 1. The molecule has 1 heterocycles. The number of ether oxygens (including phenoxy) is 1. The van der Waals surface area contributed by atoms with E-state index in [0.717, 1.165) is 22.7 Å². The third kappa shape index (κ3) is 4.14. The Bertz CT molecular complexity index is 879. The summed E-state index contributed by atoms with van der Waals surface area (Å²) in [6.07, 6.45) is 3.21. The first kappa shape index (κ1) is 16.5. The van der Waals surface area contributed by atoms with E-state index in [0.29, 0.717) is 11.3 Å². The maximum atomic E-state index is 12.4. The first-order valence-electron chi connectivity index (χ1n) is 7.89. The largest absolute Gasteiger partial charge is 0.495 e. The van der Waals surface area contributed by atoms with Crippen molar-refractivity contribution in [2.75, 3.05) is 17.7 Å². The molecule has 0 aliphatic heterocycles.